The summed E-state index contributed by atoms with van der Waals surface area (Å²) in [6.07, 6.45) is -2.46. The number of hydrogen-bond donors (Lipinski definition) is 1. The molecule has 2 N–H and O–H groups in total. The SMILES string of the molecule is NC(=O)CC(CCCc1noc(C(F)(F)F)n1)c1coc(-c2ccc(F)cc2)n1. The molecule has 0 radical (unpaired) electrons. The average Bonchev–Trinajstić information content (AvgIpc) is 3.30. The molecule has 154 valence electrons. The van der Waals surface area contributed by atoms with Crippen LogP contribution in [-0.2, 0) is 17.4 Å². The minimum absolute atomic E-state index is 0.0184. The van der Waals surface area contributed by atoms with E-state index < -0.39 is 29.7 Å². The predicted octanol–water partition coefficient (Wildman–Crippen LogP) is 3.86. The lowest BCUT2D eigenvalue weighted by Crippen LogP contribution is -2.16. The normalized spacial score (nSPS) is 12.8. The van der Waals surface area contributed by atoms with Gasteiger partial charge in [0.15, 0.2) is 5.82 Å². The highest BCUT2D eigenvalue weighted by Gasteiger charge is 2.38. The lowest BCUT2D eigenvalue weighted by Gasteiger charge is -2.11. The zero-order valence-electron chi connectivity index (χ0n) is 14.9. The molecule has 3 rings (SSSR count). The van der Waals surface area contributed by atoms with E-state index in [1.807, 2.05) is 0 Å². The third-order valence-electron chi connectivity index (χ3n) is 4.14. The molecule has 0 aliphatic carbocycles. The fourth-order valence-corrected chi connectivity index (χ4v) is 2.77. The van der Waals surface area contributed by atoms with Crippen LogP contribution in [0.5, 0.6) is 0 Å². The van der Waals surface area contributed by atoms with E-state index in [0.29, 0.717) is 24.1 Å². The molecule has 29 heavy (non-hydrogen) atoms. The predicted molar refractivity (Wildman–Crippen MR) is 90.7 cm³/mol. The summed E-state index contributed by atoms with van der Waals surface area (Å²) >= 11 is 0. The number of carbonyl (C=O) groups is 1. The van der Waals surface area contributed by atoms with E-state index in [1.54, 1.807) is 0 Å². The van der Waals surface area contributed by atoms with Crippen molar-refractivity contribution in [3.63, 3.8) is 0 Å². The molecular weight excluding hydrogens is 396 g/mol. The molecular formula is C18H16F4N4O3. The largest absolute Gasteiger partial charge is 0.471 e. The average molecular weight is 412 g/mol. The summed E-state index contributed by atoms with van der Waals surface area (Å²) < 4.78 is 60.1. The van der Waals surface area contributed by atoms with Crippen molar-refractivity contribution in [2.45, 2.75) is 37.8 Å². The quantitative estimate of drug-likeness (QED) is 0.563. The van der Waals surface area contributed by atoms with E-state index in [2.05, 4.69) is 19.6 Å². The van der Waals surface area contributed by atoms with Crippen LogP contribution in [0.1, 0.15) is 42.6 Å². The number of oxazole rings is 1. The highest BCUT2D eigenvalue weighted by molar-refractivity contribution is 5.74. The van der Waals surface area contributed by atoms with Crippen molar-refractivity contribution in [2.24, 2.45) is 5.73 Å². The topological polar surface area (TPSA) is 108 Å². The van der Waals surface area contributed by atoms with Crippen molar-refractivity contribution in [2.75, 3.05) is 0 Å². The van der Waals surface area contributed by atoms with Gasteiger partial charge in [0, 0.05) is 24.3 Å². The fourth-order valence-electron chi connectivity index (χ4n) is 2.77. The molecule has 7 nitrogen and oxygen atoms in total. The van der Waals surface area contributed by atoms with Crippen molar-refractivity contribution in [3.05, 3.63) is 53.8 Å². The molecule has 0 saturated carbocycles. The van der Waals surface area contributed by atoms with Gasteiger partial charge in [0.05, 0.1) is 5.69 Å². The Morgan fingerprint density at radius 2 is 1.90 bits per heavy atom. The highest BCUT2D eigenvalue weighted by Crippen LogP contribution is 2.29. The van der Waals surface area contributed by atoms with Crippen molar-refractivity contribution < 1.29 is 31.3 Å². The van der Waals surface area contributed by atoms with Crippen LogP contribution in [0.4, 0.5) is 17.6 Å². The van der Waals surface area contributed by atoms with Gasteiger partial charge in [-0.05, 0) is 37.1 Å². The summed E-state index contributed by atoms with van der Waals surface area (Å²) in [6, 6.07) is 5.53. The number of carbonyl (C=O) groups excluding carboxylic acids is 1. The highest BCUT2D eigenvalue weighted by atomic mass is 19.4. The first-order valence-electron chi connectivity index (χ1n) is 8.62. The Morgan fingerprint density at radius 3 is 2.52 bits per heavy atom. The van der Waals surface area contributed by atoms with Crippen LogP contribution >= 0.6 is 0 Å². The summed E-state index contributed by atoms with van der Waals surface area (Å²) in [6.45, 7) is 0. The van der Waals surface area contributed by atoms with E-state index in [0.717, 1.165) is 0 Å². The van der Waals surface area contributed by atoms with E-state index >= 15 is 0 Å². The molecule has 0 bridgehead atoms. The molecule has 1 unspecified atom stereocenters. The first kappa shape index (κ1) is 20.5. The first-order chi connectivity index (χ1) is 13.7. The Balaban J connectivity index is 1.66. The van der Waals surface area contributed by atoms with Gasteiger partial charge in [-0.1, -0.05) is 5.16 Å². The maximum atomic E-state index is 13.0. The number of benzene rings is 1. The van der Waals surface area contributed by atoms with E-state index in [9.17, 15) is 22.4 Å². The van der Waals surface area contributed by atoms with Gasteiger partial charge in [-0.2, -0.15) is 18.2 Å². The molecule has 11 heteroatoms. The second-order valence-electron chi connectivity index (χ2n) is 6.36. The van der Waals surface area contributed by atoms with Gasteiger partial charge in [-0.25, -0.2) is 9.37 Å². The Bertz CT molecular complexity index is 966. The maximum Gasteiger partial charge on any atom is 0.471 e. The number of nitrogens with zero attached hydrogens (tertiary/aromatic N) is 3. The number of aromatic nitrogens is 3. The van der Waals surface area contributed by atoms with Gasteiger partial charge in [-0.15, -0.1) is 0 Å². The number of alkyl halides is 3. The summed E-state index contributed by atoms with van der Waals surface area (Å²) in [5.74, 6) is -2.59. The first-order valence-corrected chi connectivity index (χ1v) is 8.62. The van der Waals surface area contributed by atoms with Crippen LogP contribution in [0.3, 0.4) is 0 Å². The Labute approximate surface area is 161 Å². The Morgan fingerprint density at radius 1 is 1.17 bits per heavy atom. The molecule has 2 heterocycles. The molecule has 3 aromatic rings. The van der Waals surface area contributed by atoms with Crippen LogP contribution in [0.2, 0.25) is 0 Å². The third kappa shape index (κ3) is 5.39. The van der Waals surface area contributed by atoms with Crippen molar-refractivity contribution in [1.29, 1.82) is 0 Å². The number of nitrogens with two attached hydrogens (primary N) is 1. The number of amides is 1. The lowest BCUT2D eigenvalue weighted by molar-refractivity contribution is -0.159. The molecule has 0 saturated heterocycles. The van der Waals surface area contributed by atoms with E-state index in [4.69, 9.17) is 10.2 Å². The molecule has 1 aromatic carbocycles. The smallest absolute Gasteiger partial charge is 0.444 e. The van der Waals surface area contributed by atoms with Crippen LogP contribution < -0.4 is 5.73 Å². The number of rotatable bonds is 8. The van der Waals surface area contributed by atoms with Gasteiger partial charge in [-0.3, -0.25) is 4.79 Å². The second-order valence-corrected chi connectivity index (χ2v) is 6.36. The summed E-state index contributed by atoms with van der Waals surface area (Å²) in [5, 5.41) is 3.30. The monoisotopic (exact) mass is 412 g/mol. The van der Waals surface area contributed by atoms with Crippen molar-refractivity contribution in [3.8, 4) is 11.5 Å². The Hall–Kier alpha value is -3.24. The van der Waals surface area contributed by atoms with Gasteiger partial charge in [0.1, 0.15) is 12.1 Å². The fraction of sp³-hybridized carbons (Fsp3) is 0.333. The van der Waals surface area contributed by atoms with Gasteiger partial charge in [0.2, 0.25) is 11.8 Å². The molecule has 1 atom stereocenters. The number of primary amides is 1. The van der Waals surface area contributed by atoms with Crippen LogP contribution in [0.25, 0.3) is 11.5 Å². The van der Waals surface area contributed by atoms with Crippen LogP contribution in [-0.4, -0.2) is 21.0 Å². The second kappa shape index (κ2) is 8.41. The van der Waals surface area contributed by atoms with Crippen LogP contribution in [0.15, 0.2) is 39.5 Å². The van der Waals surface area contributed by atoms with Crippen molar-refractivity contribution in [1.82, 2.24) is 15.1 Å². The third-order valence-corrected chi connectivity index (χ3v) is 4.14. The molecule has 0 fully saturated rings. The molecule has 2 aromatic heterocycles. The van der Waals surface area contributed by atoms with Gasteiger partial charge in [0.25, 0.3) is 0 Å². The van der Waals surface area contributed by atoms with Crippen LogP contribution in [0, 0.1) is 5.82 Å². The zero-order chi connectivity index (χ0) is 21.0. The molecule has 1 amide bonds. The minimum Gasteiger partial charge on any atom is -0.444 e. The number of aryl methyl sites for hydroxylation is 1. The van der Waals surface area contributed by atoms with Crippen molar-refractivity contribution >= 4 is 5.91 Å². The van der Waals surface area contributed by atoms with E-state index in [1.165, 1.54) is 30.5 Å². The van der Waals surface area contributed by atoms with Gasteiger partial charge < -0.3 is 14.7 Å². The summed E-state index contributed by atoms with van der Waals surface area (Å²) in [4.78, 5) is 19.0. The minimum atomic E-state index is -4.70. The zero-order valence-corrected chi connectivity index (χ0v) is 14.9. The molecule has 0 spiro atoms. The van der Waals surface area contributed by atoms with Gasteiger partial charge >= 0.3 is 12.1 Å². The van der Waals surface area contributed by atoms with E-state index in [-0.39, 0.29) is 24.6 Å². The number of halogens is 4. The number of hydrogen-bond acceptors (Lipinski definition) is 6. The standard InChI is InChI=1S/C18H16F4N4O3/c19-12-6-4-10(5-7-12)16-24-13(9-28-16)11(8-14(23)27)2-1-3-15-25-17(29-26-15)18(20,21)22/h4-7,9,11H,1-3,8H2,(H2,23,27). The summed E-state index contributed by atoms with van der Waals surface area (Å²) in [7, 11) is 0. The maximum absolute atomic E-state index is 13.0. The molecule has 0 aliphatic rings. The molecule has 0 aliphatic heterocycles. The summed E-state index contributed by atoms with van der Waals surface area (Å²) in [5.41, 5.74) is 6.32. The lowest BCUT2D eigenvalue weighted by atomic mass is 9.95. The Kier molecular flexibility index (Phi) is 5.95.